The maximum absolute atomic E-state index is 10.5. The summed E-state index contributed by atoms with van der Waals surface area (Å²) in [6.07, 6.45) is 7.60. The molecule has 1 aliphatic carbocycles. The van der Waals surface area contributed by atoms with Crippen LogP contribution in [0.5, 0.6) is 5.75 Å². The van der Waals surface area contributed by atoms with E-state index in [-0.39, 0.29) is 16.7 Å². The Morgan fingerprint density at radius 3 is 2.57 bits per heavy atom. The van der Waals surface area contributed by atoms with E-state index in [1.807, 2.05) is 35.0 Å². The zero-order chi connectivity index (χ0) is 21.1. The lowest BCUT2D eigenvalue weighted by Crippen LogP contribution is -2.51. The van der Waals surface area contributed by atoms with Gasteiger partial charge in [-0.05, 0) is 51.1 Å². The van der Waals surface area contributed by atoms with Crippen LogP contribution >= 0.6 is 0 Å². The van der Waals surface area contributed by atoms with Crippen molar-refractivity contribution in [3.63, 3.8) is 0 Å². The third-order valence-electron chi connectivity index (χ3n) is 7.28. The van der Waals surface area contributed by atoms with E-state index < -0.39 is 0 Å². The Morgan fingerprint density at radius 1 is 1.17 bits per heavy atom. The number of rotatable bonds is 4. The molecule has 0 radical (unpaired) electrons. The van der Waals surface area contributed by atoms with Gasteiger partial charge in [0, 0.05) is 54.6 Å². The molecular formula is C23H28N6O. The summed E-state index contributed by atoms with van der Waals surface area (Å²) in [5.41, 5.74) is 2.71. The minimum Gasteiger partial charge on any atom is -0.507 e. The fourth-order valence-corrected chi connectivity index (χ4v) is 5.64. The van der Waals surface area contributed by atoms with Crippen LogP contribution in [0.15, 0.2) is 49.1 Å². The second-order valence-electron chi connectivity index (χ2n) is 9.46. The molecule has 3 atom stereocenters. The van der Waals surface area contributed by atoms with Crippen molar-refractivity contribution in [2.45, 2.75) is 38.3 Å². The van der Waals surface area contributed by atoms with E-state index in [0.29, 0.717) is 17.3 Å². The maximum Gasteiger partial charge on any atom is 0.151 e. The van der Waals surface area contributed by atoms with E-state index in [4.69, 9.17) is 0 Å². The molecule has 2 aromatic heterocycles. The van der Waals surface area contributed by atoms with Crippen LogP contribution in [0.4, 0.5) is 5.82 Å². The number of piperidine rings is 1. The second kappa shape index (κ2) is 6.54. The molecule has 1 aromatic carbocycles. The van der Waals surface area contributed by atoms with Crippen LogP contribution in [0.1, 0.15) is 26.7 Å². The molecule has 2 bridgehead atoms. The number of aromatic hydroxyl groups is 1. The highest BCUT2D eigenvalue weighted by Crippen LogP contribution is 2.55. The Balaban J connectivity index is 1.38. The number of aromatic nitrogens is 4. The fourth-order valence-electron chi connectivity index (χ4n) is 5.64. The first-order valence-corrected chi connectivity index (χ1v) is 10.4. The van der Waals surface area contributed by atoms with Gasteiger partial charge in [0.1, 0.15) is 5.75 Å². The van der Waals surface area contributed by atoms with Crippen molar-refractivity contribution in [3.05, 3.63) is 49.1 Å². The molecule has 1 saturated carbocycles. The molecule has 3 aromatic rings. The van der Waals surface area contributed by atoms with Gasteiger partial charge in [-0.1, -0.05) is 6.92 Å². The van der Waals surface area contributed by atoms with Crippen LogP contribution in [0.25, 0.3) is 16.9 Å². The molecule has 0 spiro atoms. The predicted molar refractivity (Wildman–Crippen MR) is 117 cm³/mol. The lowest BCUT2D eigenvalue weighted by atomic mass is 9.84. The lowest BCUT2D eigenvalue weighted by molar-refractivity contribution is 0.133. The molecule has 2 aliphatic rings. The molecule has 1 N–H and O–H groups in total. The monoisotopic (exact) mass is 404 g/mol. The first-order valence-electron chi connectivity index (χ1n) is 10.4. The van der Waals surface area contributed by atoms with Gasteiger partial charge in [-0.15, -0.1) is 10.2 Å². The van der Waals surface area contributed by atoms with Crippen molar-refractivity contribution in [3.8, 4) is 22.7 Å². The molecule has 7 heteroatoms. The second-order valence-corrected chi connectivity index (χ2v) is 9.46. The van der Waals surface area contributed by atoms with Gasteiger partial charge in [0.15, 0.2) is 5.82 Å². The smallest absolute Gasteiger partial charge is 0.151 e. The topological polar surface area (TPSA) is 70.3 Å². The Kier molecular flexibility index (Phi) is 4.15. The quantitative estimate of drug-likeness (QED) is 0.719. The molecular weight excluding hydrogens is 376 g/mol. The van der Waals surface area contributed by atoms with E-state index >= 15 is 0 Å². The largest absolute Gasteiger partial charge is 0.507 e. The third-order valence-corrected chi connectivity index (χ3v) is 7.28. The number of nitrogens with zero attached hydrogens (tertiary/aromatic N) is 6. The minimum absolute atomic E-state index is 0.174. The van der Waals surface area contributed by atoms with Crippen LogP contribution in [0, 0.1) is 5.41 Å². The lowest BCUT2D eigenvalue weighted by Gasteiger charge is -2.43. The first-order chi connectivity index (χ1) is 14.3. The molecule has 7 nitrogen and oxygen atoms in total. The van der Waals surface area contributed by atoms with Crippen LogP contribution < -0.4 is 4.90 Å². The van der Waals surface area contributed by atoms with Crippen molar-refractivity contribution in [1.82, 2.24) is 24.6 Å². The van der Waals surface area contributed by atoms with Crippen LogP contribution in [0.2, 0.25) is 0 Å². The summed E-state index contributed by atoms with van der Waals surface area (Å²) < 4.78 is 1.85. The summed E-state index contributed by atoms with van der Waals surface area (Å²) in [7, 11) is 4.36. The number of imidazole rings is 1. The zero-order valence-electron chi connectivity index (χ0n) is 17.9. The van der Waals surface area contributed by atoms with Crippen molar-refractivity contribution in [2.75, 3.05) is 25.5 Å². The number of phenolic OH excluding ortho intramolecular Hbond substituents is 1. The summed E-state index contributed by atoms with van der Waals surface area (Å²) in [5.74, 6) is 1.05. The molecule has 0 unspecified atom stereocenters. The van der Waals surface area contributed by atoms with Crippen LogP contribution in [-0.2, 0) is 0 Å². The Hall–Kier alpha value is -2.93. The maximum atomic E-state index is 10.5. The van der Waals surface area contributed by atoms with Crippen LogP contribution in [0.3, 0.4) is 0 Å². The number of fused-ring (bicyclic) bond motifs is 2. The van der Waals surface area contributed by atoms with Crippen molar-refractivity contribution >= 4 is 5.82 Å². The molecule has 30 heavy (non-hydrogen) atoms. The molecule has 156 valence electrons. The normalized spacial score (nSPS) is 28.2. The van der Waals surface area contributed by atoms with E-state index in [9.17, 15) is 5.11 Å². The minimum atomic E-state index is 0.174. The molecule has 5 rings (SSSR count). The highest BCUT2D eigenvalue weighted by molar-refractivity contribution is 5.69. The van der Waals surface area contributed by atoms with Gasteiger partial charge in [0.2, 0.25) is 0 Å². The van der Waals surface area contributed by atoms with E-state index in [1.165, 1.54) is 6.42 Å². The van der Waals surface area contributed by atoms with Crippen molar-refractivity contribution in [2.24, 2.45) is 5.41 Å². The van der Waals surface area contributed by atoms with Gasteiger partial charge in [0.25, 0.3) is 0 Å². The standard InChI is InChI=1S/C23H28N6O/c1-22-13-23(2,27(3)14-22)12-20(22)28(4)21-8-7-18(25-26-21)17-6-5-16(11-19(17)30)29-10-9-24-15-29/h5-11,15,20,30H,12-14H2,1-4H3/t20-,22+,23-/m1/s1. The van der Waals surface area contributed by atoms with Gasteiger partial charge in [-0.25, -0.2) is 4.98 Å². The summed E-state index contributed by atoms with van der Waals surface area (Å²) in [4.78, 5) is 8.84. The number of benzene rings is 1. The number of likely N-dealkylation sites (tertiary alicyclic amines) is 1. The van der Waals surface area contributed by atoms with Gasteiger partial charge < -0.3 is 19.5 Å². The van der Waals surface area contributed by atoms with E-state index in [2.05, 4.69) is 52.9 Å². The number of hydrogen-bond acceptors (Lipinski definition) is 6. The first kappa shape index (κ1) is 19.1. The number of hydrogen-bond donors (Lipinski definition) is 1. The molecule has 1 aliphatic heterocycles. The molecule has 2 fully saturated rings. The van der Waals surface area contributed by atoms with Crippen molar-refractivity contribution in [1.29, 1.82) is 0 Å². The highest BCUT2D eigenvalue weighted by atomic mass is 16.3. The SMILES string of the molecule is CN(c1ccc(-c2ccc(-n3ccnc3)cc2O)nn1)[C@@H]1C[C@]2(C)C[C@@]1(C)CN2C. The third kappa shape index (κ3) is 2.88. The summed E-state index contributed by atoms with van der Waals surface area (Å²) in [6, 6.07) is 9.91. The van der Waals surface area contributed by atoms with E-state index in [1.54, 1.807) is 18.6 Å². The summed E-state index contributed by atoms with van der Waals surface area (Å²) >= 11 is 0. The van der Waals surface area contributed by atoms with E-state index in [0.717, 1.165) is 24.5 Å². The molecule has 0 amide bonds. The van der Waals surface area contributed by atoms with Gasteiger partial charge >= 0.3 is 0 Å². The highest BCUT2D eigenvalue weighted by Gasteiger charge is 2.59. The Morgan fingerprint density at radius 2 is 2.00 bits per heavy atom. The Labute approximate surface area is 177 Å². The Bertz CT molecular complexity index is 1070. The average Bonchev–Trinajstić information content (AvgIpc) is 3.39. The van der Waals surface area contributed by atoms with Crippen molar-refractivity contribution < 1.29 is 5.11 Å². The molecule has 1 saturated heterocycles. The summed E-state index contributed by atoms with van der Waals surface area (Å²) in [5, 5.41) is 19.5. The zero-order valence-corrected chi connectivity index (χ0v) is 17.9. The summed E-state index contributed by atoms with van der Waals surface area (Å²) in [6.45, 7) is 5.88. The van der Waals surface area contributed by atoms with Gasteiger partial charge in [-0.3, -0.25) is 0 Å². The average molecular weight is 405 g/mol. The number of anilines is 1. The van der Waals surface area contributed by atoms with Gasteiger partial charge in [-0.2, -0.15) is 0 Å². The predicted octanol–water partition coefficient (Wildman–Crippen LogP) is 3.34. The van der Waals surface area contributed by atoms with Gasteiger partial charge in [0.05, 0.1) is 17.7 Å². The van der Waals surface area contributed by atoms with Crippen LogP contribution in [-0.4, -0.2) is 62.0 Å². The molecule has 3 heterocycles. The number of phenols is 1. The fraction of sp³-hybridized carbons (Fsp3) is 0.435.